The van der Waals surface area contributed by atoms with Crippen molar-refractivity contribution in [2.75, 3.05) is 40.0 Å². The Kier molecular flexibility index (Phi) is 12.5. The van der Waals surface area contributed by atoms with Gasteiger partial charge in [-0.15, -0.1) is 0 Å². The molecule has 10 heteroatoms. The van der Waals surface area contributed by atoms with E-state index in [0.29, 0.717) is 42.1 Å². The highest BCUT2D eigenvalue weighted by molar-refractivity contribution is 6.30. The third-order valence-electron chi connectivity index (χ3n) is 7.72. The maximum atomic E-state index is 14.7. The Labute approximate surface area is 247 Å². The summed E-state index contributed by atoms with van der Waals surface area (Å²) >= 11 is 6.10. The second-order valence-electron chi connectivity index (χ2n) is 11.0. The van der Waals surface area contributed by atoms with Gasteiger partial charge in [0.2, 0.25) is 5.91 Å². The molecule has 1 aliphatic rings. The molecule has 1 heterocycles. The van der Waals surface area contributed by atoms with E-state index < -0.39 is 30.2 Å². The fraction of sp³-hybridized carbons (Fsp3) is 0.548. The van der Waals surface area contributed by atoms with Gasteiger partial charge < -0.3 is 29.5 Å². The summed E-state index contributed by atoms with van der Waals surface area (Å²) in [7, 11) is 1.41. The zero-order valence-electron chi connectivity index (χ0n) is 24.2. The van der Waals surface area contributed by atoms with Crippen molar-refractivity contribution >= 4 is 23.4 Å². The standard InChI is InChI=1S/C31H42ClFN2O6/c1-20(2)26-17-34(21(3)36)18-28(40-4)30(38)27(37)19-41-15-6-5-14-35(29(26)23-8-7-9-25(33)16-23)31(39)22-10-12-24(32)13-11-22/h7-13,16,20,26-30,37-38H,5-6,14-15,17-19H2,1-4H3/t26-,27-,28-,29-,30-/m1/s1. The average molecular weight is 593 g/mol. The molecule has 2 amide bonds. The first-order chi connectivity index (χ1) is 19.5. The van der Waals surface area contributed by atoms with Gasteiger partial charge >= 0.3 is 0 Å². The summed E-state index contributed by atoms with van der Waals surface area (Å²) < 4.78 is 25.8. The number of halogens is 2. The van der Waals surface area contributed by atoms with Crippen LogP contribution in [0, 0.1) is 17.7 Å². The van der Waals surface area contributed by atoms with Crippen LogP contribution in [0.1, 0.15) is 55.6 Å². The molecule has 0 saturated carbocycles. The van der Waals surface area contributed by atoms with Crippen molar-refractivity contribution < 1.29 is 33.7 Å². The number of ether oxygens (including phenoxy) is 2. The molecule has 0 aromatic heterocycles. The lowest BCUT2D eigenvalue weighted by molar-refractivity contribution is -0.138. The molecule has 0 radical (unpaired) electrons. The van der Waals surface area contributed by atoms with Crippen LogP contribution in [-0.2, 0) is 14.3 Å². The zero-order chi connectivity index (χ0) is 30.1. The molecular weight excluding hydrogens is 551 g/mol. The van der Waals surface area contributed by atoms with Crippen LogP contribution < -0.4 is 0 Å². The Morgan fingerprint density at radius 1 is 1.10 bits per heavy atom. The Hall–Kier alpha value is -2.56. The second-order valence-corrected chi connectivity index (χ2v) is 11.4. The van der Waals surface area contributed by atoms with E-state index in [1.165, 1.54) is 26.2 Å². The number of hydrogen-bond acceptors (Lipinski definition) is 6. The van der Waals surface area contributed by atoms with E-state index in [1.807, 2.05) is 13.8 Å². The van der Waals surface area contributed by atoms with Crippen molar-refractivity contribution in [1.82, 2.24) is 9.80 Å². The van der Waals surface area contributed by atoms with E-state index in [1.54, 1.807) is 46.2 Å². The third-order valence-corrected chi connectivity index (χ3v) is 7.97. The summed E-state index contributed by atoms with van der Waals surface area (Å²) in [6, 6.07) is 12.3. The SMILES string of the molecule is CO[C@@H]1CN(C(C)=O)C[C@H](C(C)C)[C@@H](c2cccc(F)c2)N(C(=O)c2ccc(Cl)cc2)CCCCOC[C@@H](O)[C@H]1O. The lowest BCUT2D eigenvalue weighted by Gasteiger charge is -2.42. The number of carbonyl (C=O) groups excluding carboxylic acids is 2. The van der Waals surface area contributed by atoms with Crippen molar-refractivity contribution in [2.24, 2.45) is 11.8 Å². The number of benzene rings is 2. The first-order valence-electron chi connectivity index (χ1n) is 14.1. The van der Waals surface area contributed by atoms with Crippen LogP contribution in [0.4, 0.5) is 4.39 Å². The highest BCUT2D eigenvalue weighted by Crippen LogP contribution is 2.36. The number of methoxy groups -OCH3 is 1. The lowest BCUT2D eigenvalue weighted by atomic mass is 9.82. The van der Waals surface area contributed by atoms with Crippen LogP contribution in [0.2, 0.25) is 5.02 Å². The highest BCUT2D eigenvalue weighted by Gasteiger charge is 2.38. The molecule has 8 nitrogen and oxygen atoms in total. The molecule has 0 bridgehead atoms. The van der Waals surface area contributed by atoms with Crippen molar-refractivity contribution in [3.8, 4) is 0 Å². The van der Waals surface area contributed by atoms with Crippen molar-refractivity contribution in [3.05, 3.63) is 70.5 Å². The maximum Gasteiger partial charge on any atom is 0.254 e. The highest BCUT2D eigenvalue weighted by atomic mass is 35.5. The molecule has 0 unspecified atom stereocenters. The predicted octanol–water partition coefficient (Wildman–Crippen LogP) is 4.33. The monoisotopic (exact) mass is 592 g/mol. The Morgan fingerprint density at radius 2 is 1.80 bits per heavy atom. The van der Waals surface area contributed by atoms with Crippen molar-refractivity contribution in [2.45, 2.75) is 58.0 Å². The van der Waals surface area contributed by atoms with Gasteiger partial charge in [0.05, 0.1) is 12.6 Å². The van der Waals surface area contributed by atoms with Gasteiger partial charge in [-0.3, -0.25) is 9.59 Å². The second kappa shape index (κ2) is 15.6. The van der Waals surface area contributed by atoms with Gasteiger partial charge in [-0.25, -0.2) is 4.39 Å². The minimum atomic E-state index is -1.29. The van der Waals surface area contributed by atoms with Gasteiger partial charge in [0.15, 0.2) is 0 Å². The summed E-state index contributed by atoms with van der Waals surface area (Å²) in [5.41, 5.74) is 1.07. The van der Waals surface area contributed by atoms with Crippen LogP contribution in [-0.4, -0.2) is 90.1 Å². The lowest BCUT2D eigenvalue weighted by Crippen LogP contribution is -2.51. The molecular formula is C31H42ClFN2O6. The van der Waals surface area contributed by atoms with E-state index >= 15 is 0 Å². The summed E-state index contributed by atoms with van der Waals surface area (Å²) in [6.45, 7) is 6.21. The van der Waals surface area contributed by atoms with Gasteiger partial charge in [-0.1, -0.05) is 37.6 Å². The number of aliphatic hydroxyl groups excluding tert-OH is 2. The number of carbonyl (C=O) groups is 2. The normalized spacial score (nSPS) is 25.4. The zero-order valence-corrected chi connectivity index (χ0v) is 25.0. The minimum Gasteiger partial charge on any atom is -0.388 e. The average Bonchev–Trinajstić information content (AvgIpc) is 2.94. The largest absolute Gasteiger partial charge is 0.388 e. The van der Waals surface area contributed by atoms with Crippen LogP contribution in [0.15, 0.2) is 48.5 Å². The Bertz CT molecular complexity index is 1130. The number of aliphatic hydroxyl groups is 2. The van der Waals surface area contributed by atoms with Gasteiger partial charge in [0.25, 0.3) is 5.91 Å². The summed E-state index contributed by atoms with van der Waals surface area (Å²) in [4.78, 5) is 30.4. The molecule has 41 heavy (non-hydrogen) atoms. The Morgan fingerprint density at radius 3 is 2.41 bits per heavy atom. The smallest absolute Gasteiger partial charge is 0.254 e. The van der Waals surface area contributed by atoms with Crippen LogP contribution >= 0.6 is 11.6 Å². The molecule has 2 N–H and O–H groups in total. The predicted molar refractivity (Wildman–Crippen MR) is 155 cm³/mol. The van der Waals surface area contributed by atoms with Gasteiger partial charge in [0.1, 0.15) is 24.1 Å². The third kappa shape index (κ3) is 8.96. The fourth-order valence-corrected chi connectivity index (χ4v) is 5.44. The number of nitrogens with zero attached hydrogens (tertiary/aromatic N) is 2. The number of rotatable bonds is 4. The van der Waals surface area contributed by atoms with Crippen LogP contribution in [0.3, 0.4) is 0 Å². The molecule has 2 aromatic carbocycles. The fourth-order valence-electron chi connectivity index (χ4n) is 5.31. The number of amides is 2. The number of hydrogen-bond donors (Lipinski definition) is 2. The minimum absolute atomic E-state index is 0.00822. The molecule has 1 fully saturated rings. The molecule has 1 saturated heterocycles. The molecule has 3 rings (SSSR count). The van der Waals surface area contributed by atoms with Gasteiger partial charge in [0, 0.05) is 56.8 Å². The van der Waals surface area contributed by atoms with E-state index in [0.717, 1.165) is 0 Å². The summed E-state index contributed by atoms with van der Waals surface area (Å²) in [5.74, 6) is -1.28. The maximum absolute atomic E-state index is 14.7. The van der Waals surface area contributed by atoms with Crippen molar-refractivity contribution in [3.63, 3.8) is 0 Å². The summed E-state index contributed by atoms with van der Waals surface area (Å²) in [5, 5.41) is 21.8. The summed E-state index contributed by atoms with van der Waals surface area (Å²) in [6.07, 6.45) is -2.21. The molecule has 1 aliphatic heterocycles. The van der Waals surface area contributed by atoms with E-state index in [-0.39, 0.29) is 43.3 Å². The first-order valence-corrected chi connectivity index (χ1v) is 14.5. The van der Waals surface area contributed by atoms with E-state index in [9.17, 15) is 24.2 Å². The van der Waals surface area contributed by atoms with E-state index in [2.05, 4.69) is 0 Å². The quantitative estimate of drug-likeness (QED) is 0.548. The molecule has 0 aliphatic carbocycles. The van der Waals surface area contributed by atoms with E-state index in [4.69, 9.17) is 21.1 Å². The van der Waals surface area contributed by atoms with Crippen molar-refractivity contribution in [1.29, 1.82) is 0 Å². The van der Waals surface area contributed by atoms with Crippen LogP contribution in [0.25, 0.3) is 0 Å². The van der Waals surface area contributed by atoms with Gasteiger partial charge in [-0.2, -0.15) is 0 Å². The first kappa shape index (κ1) is 32.9. The van der Waals surface area contributed by atoms with Crippen LogP contribution in [0.5, 0.6) is 0 Å². The van der Waals surface area contributed by atoms with Gasteiger partial charge in [-0.05, 0) is 60.7 Å². The Balaban J connectivity index is 2.15. The molecule has 0 spiro atoms. The molecule has 2 aromatic rings. The topological polar surface area (TPSA) is 99.5 Å². The molecule has 5 atom stereocenters. The molecule has 226 valence electrons.